The van der Waals surface area contributed by atoms with Gasteiger partial charge in [0.05, 0.1) is 16.0 Å². The van der Waals surface area contributed by atoms with E-state index in [0.29, 0.717) is 22.7 Å². The second kappa shape index (κ2) is 5.86. The summed E-state index contributed by atoms with van der Waals surface area (Å²) in [5.74, 6) is 1.08. The van der Waals surface area contributed by atoms with E-state index in [1.165, 1.54) is 12.1 Å². The van der Waals surface area contributed by atoms with Gasteiger partial charge in [0.15, 0.2) is 0 Å². The lowest BCUT2D eigenvalue weighted by atomic mass is 10.1. The lowest BCUT2D eigenvalue weighted by Gasteiger charge is -2.10. The zero-order valence-electron chi connectivity index (χ0n) is 9.77. The van der Waals surface area contributed by atoms with Crippen molar-refractivity contribution in [3.63, 3.8) is 0 Å². The van der Waals surface area contributed by atoms with Crippen LogP contribution in [0.5, 0.6) is 5.75 Å². The molecule has 0 saturated heterocycles. The molecular weight excluding hydrogens is 288 g/mol. The summed E-state index contributed by atoms with van der Waals surface area (Å²) in [6.07, 6.45) is 0.920. The van der Waals surface area contributed by atoms with Crippen LogP contribution in [0.3, 0.4) is 0 Å². The molecule has 0 heterocycles. The van der Waals surface area contributed by atoms with Crippen molar-refractivity contribution in [2.75, 3.05) is 12.3 Å². The van der Waals surface area contributed by atoms with Crippen LogP contribution in [0.2, 0.25) is 0 Å². The fourth-order valence-corrected chi connectivity index (χ4v) is 1.68. The van der Waals surface area contributed by atoms with Gasteiger partial charge in [-0.2, -0.15) is 0 Å². The summed E-state index contributed by atoms with van der Waals surface area (Å²) in [6, 6.07) is 2.84. The fourth-order valence-electron chi connectivity index (χ4n) is 1.23. The number of hydrogen-bond donors (Lipinski definition) is 1. The predicted molar refractivity (Wildman–Crippen MR) is 70.2 cm³/mol. The van der Waals surface area contributed by atoms with Crippen LogP contribution in [0.4, 0.5) is 11.4 Å². The first-order valence-corrected chi connectivity index (χ1v) is 6.07. The van der Waals surface area contributed by atoms with E-state index in [9.17, 15) is 10.1 Å². The van der Waals surface area contributed by atoms with Gasteiger partial charge in [-0.15, -0.1) is 0 Å². The van der Waals surface area contributed by atoms with Gasteiger partial charge in [0.1, 0.15) is 11.4 Å². The Morgan fingerprint density at radius 2 is 2.18 bits per heavy atom. The van der Waals surface area contributed by atoms with E-state index in [2.05, 4.69) is 29.8 Å². The molecule has 1 aromatic carbocycles. The van der Waals surface area contributed by atoms with Crippen LogP contribution in [0, 0.1) is 16.0 Å². The van der Waals surface area contributed by atoms with E-state index in [1.54, 1.807) is 0 Å². The summed E-state index contributed by atoms with van der Waals surface area (Å²) in [5, 5.41) is 10.7. The molecule has 0 bridgehead atoms. The van der Waals surface area contributed by atoms with Crippen LogP contribution >= 0.6 is 15.9 Å². The van der Waals surface area contributed by atoms with Gasteiger partial charge in [0.25, 0.3) is 5.69 Å². The molecule has 0 saturated carbocycles. The molecule has 0 radical (unpaired) electrons. The highest BCUT2D eigenvalue weighted by Crippen LogP contribution is 2.34. The Labute approximate surface area is 108 Å². The van der Waals surface area contributed by atoms with Crippen molar-refractivity contribution in [2.45, 2.75) is 20.3 Å². The van der Waals surface area contributed by atoms with Gasteiger partial charge >= 0.3 is 0 Å². The number of ether oxygens (including phenoxy) is 1. The Kier molecular flexibility index (Phi) is 4.74. The molecule has 5 nitrogen and oxygen atoms in total. The fraction of sp³-hybridized carbons (Fsp3) is 0.455. The Balaban J connectivity index is 2.81. The minimum Gasteiger partial charge on any atom is -0.492 e. The molecule has 0 aliphatic heterocycles. The van der Waals surface area contributed by atoms with Crippen molar-refractivity contribution in [1.29, 1.82) is 0 Å². The molecule has 1 rings (SSSR count). The van der Waals surface area contributed by atoms with Crippen molar-refractivity contribution in [2.24, 2.45) is 5.92 Å². The smallest absolute Gasteiger partial charge is 0.293 e. The minimum atomic E-state index is -0.516. The molecule has 0 aliphatic carbocycles. The van der Waals surface area contributed by atoms with E-state index in [0.717, 1.165) is 6.42 Å². The van der Waals surface area contributed by atoms with Crippen molar-refractivity contribution >= 4 is 27.3 Å². The van der Waals surface area contributed by atoms with Crippen molar-refractivity contribution < 1.29 is 9.66 Å². The number of rotatable bonds is 5. The number of benzene rings is 1. The first-order valence-electron chi connectivity index (χ1n) is 5.28. The predicted octanol–water partition coefficient (Wildman–Crippen LogP) is 3.36. The third-order valence-corrected chi connectivity index (χ3v) is 2.85. The quantitative estimate of drug-likeness (QED) is 0.514. The van der Waals surface area contributed by atoms with Crippen LogP contribution < -0.4 is 10.5 Å². The van der Waals surface area contributed by atoms with Gasteiger partial charge in [-0.05, 0) is 28.3 Å². The van der Waals surface area contributed by atoms with Crippen LogP contribution in [0.25, 0.3) is 0 Å². The largest absolute Gasteiger partial charge is 0.492 e. The summed E-state index contributed by atoms with van der Waals surface area (Å²) < 4.78 is 6.06. The van der Waals surface area contributed by atoms with Gasteiger partial charge < -0.3 is 10.5 Å². The summed E-state index contributed by atoms with van der Waals surface area (Å²) in [4.78, 5) is 10.1. The molecule has 94 valence electrons. The monoisotopic (exact) mass is 302 g/mol. The third-order valence-electron chi connectivity index (χ3n) is 2.23. The highest BCUT2D eigenvalue weighted by molar-refractivity contribution is 9.10. The summed E-state index contributed by atoms with van der Waals surface area (Å²) in [5.41, 5.74) is 5.57. The van der Waals surface area contributed by atoms with Crippen LogP contribution in [-0.4, -0.2) is 11.5 Å². The molecule has 6 heteroatoms. The van der Waals surface area contributed by atoms with Gasteiger partial charge in [0, 0.05) is 12.1 Å². The topological polar surface area (TPSA) is 78.4 Å². The van der Waals surface area contributed by atoms with E-state index in [4.69, 9.17) is 10.5 Å². The first kappa shape index (κ1) is 13.8. The number of nitro benzene ring substituents is 1. The standard InChI is InChI=1S/C11H15BrN2O3/c1-7(2)3-4-17-11-6-9(13)10(14(15)16)5-8(11)12/h5-7H,3-4,13H2,1-2H3. The van der Waals surface area contributed by atoms with E-state index in [1.807, 2.05) is 0 Å². The SMILES string of the molecule is CC(C)CCOc1cc(N)c([N+](=O)[O-])cc1Br. The second-order valence-corrected chi connectivity index (χ2v) is 4.98. The first-order chi connectivity index (χ1) is 7.91. The van der Waals surface area contributed by atoms with Gasteiger partial charge in [-0.1, -0.05) is 13.8 Å². The molecule has 0 atom stereocenters. The molecule has 0 unspecified atom stereocenters. The van der Waals surface area contributed by atoms with Crippen LogP contribution in [0.15, 0.2) is 16.6 Å². The summed E-state index contributed by atoms with van der Waals surface area (Å²) in [6.45, 7) is 4.76. The minimum absolute atomic E-state index is 0.109. The molecule has 1 aromatic rings. The van der Waals surface area contributed by atoms with E-state index >= 15 is 0 Å². The highest BCUT2D eigenvalue weighted by Gasteiger charge is 2.15. The van der Waals surface area contributed by atoms with Gasteiger partial charge in [-0.25, -0.2) is 0 Å². The molecule has 0 amide bonds. The molecule has 2 N–H and O–H groups in total. The zero-order chi connectivity index (χ0) is 13.0. The summed E-state index contributed by atoms with van der Waals surface area (Å²) >= 11 is 3.23. The highest BCUT2D eigenvalue weighted by atomic mass is 79.9. The number of nitrogen functional groups attached to an aromatic ring is 1. The Morgan fingerprint density at radius 1 is 1.53 bits per heavy atom. The van der Waals surface area contributed by atoms with Crippen molar-refractivity contribution in [3.05, 3.63) is 26.7 Å². The lowest BCUT2D eigenvalue weighted by molar-refractivity contribution is -0.384. The number of nitrogens with zero attached hydrogens (tertiary/aromatic N) is 1. The van der Waals surface area contributed by atoms with Gasteiger partial charge in [-0.3, -0.25) is 10.1 Å². The second-order valence-electron chi connectivity index (χ2n) is 4.13. The number of halogens is 1. The van der Waals surface area contributed by atoms with E-state index in [-0.39, 0.29) is 11.4 Å². The van der Waals surface area contributed by atoms with Crippen LogP contribution in [-0.2, 0) is 0 Å². The normalized spacial score (nSPS) is 10.6. The summed E-state index contributed by atoms with van der Waals surface area (Å²) in [7, 11) is 0. The van der Waals surface area contributed by atoms with Crippen molar-refractivity contribution in [1.82, 2.24) is 0 Å². The maximum Gasteiger partial charge on any atom is 0.293 e. The van der Waals surface area contributed by atoms with Crippen LogP contribution in [0.1, 0.15) is 20.3 Å². The number of nitrogens with two attached hydrogens (primary N) is 1. The lowest BCUT2D eigenvalue weighted by Crippen LogP contribution is -2.03. The molecule has 0 fully saturated rings. The zero-order valence-corrected chi connectivity index (χ0v) is 11.4. The Hall–Kier alpha value is -1.30. The average molecular weight is 303 g/mol. The number of nitro groups is 1. The average Bonchev–Trinajstić information content (AvgIpc) is 2.21. The molecular formula is C11H15BrN2O3. The van der Waals surface area contributed by atoms with Gasteiger partial charge in [0.2, 0.25) is 0 Å². The van der Waals surface area contributed by atoms with E-state index < -0.39 is 4.92 Å². The third kappa shape index (κ3) is 3.89. The van der Waals surface area contributed by atoms with Crippen molar-refractivity contribution in [3.8, 4) is 5.75 Å². The maximum atomic E-state index is 10.7. The Bertz CT molecular complexity index is 421. The molecule has 17 heavy (non-hydrogen) atoms. The molecule has 0 aliphatic rings. The maximum absolute atomic E-state index is 10.7. The number of anilines is 1. The number of hydrogen-bond acceptors (Lipinski definition) is 4. The Morgan fingerprint density at radius 3 is 2.71 bits per heavy atom. The molecule has 0 spiro atoms. The molecule has 0 aromatic heterocycles.